The fraction of sp³-hybridized carbons (Fsp3) is 0.379. The fourth-order valence-corrected chi connectivity index (χ4v) is 3.99. The second-order valence-corrected chi connectivity index (χ2v) is 8.91. The standard InChI is InChI=1S/C27H28F3N5O3.C2H6/c1-4-21(27(28,29)30)13-8-18(2)37-17-23-22(15-31-34(23)3)26-32-25(33-38-26)20-11-9-19(10-12-20)16-35-14-6-5-7-24(35)36;1-2/h4,8-13,15H,1,5-7,14,16-17H2,2-3H3;1-2H3/b18-8+,21-13+;. The number of ether oxygens (including phenoxy) is 1. The summed E-state index contributed by atoms with van der Waals surface area (Å²) in [7, 11) is 1.71. The molecular weight excluding hydrogens is 523 g/mol. The monoisotopic (exact) mass is 557 g/mol. The summed E-state index contributed by atoms with van der Waals surface area (Å²) >= 11 is 0. The number of carbonyl (C=O) groups is 1. The van der Waals surface area contributed by atoms with Crippen LogP contribution < -0.4 is 0 Å². The number of aromatic nitrogens is 4. The second-order valence-electron chi connectivity index (χ2n) is 8.91. The van der Waals surface area contributed by atoms with Gasteiger partial charge in [-0.2, -0.15) is 23.3 Å². The van der Waals surface area contributed by atoms with Crippen LogP contribution in [0.5, 0.6) is 0 Å². The molecule has 1 aromatic carbocycles. The van der Waals surface area contributed by atoms with Gasteiger partial charge in [-0.3, -0.25) is 9.48 Å². The Morgan fingerprint density at radius 3 is 2.55 bits per heavy atom. The Labute approximate surface area is 231 Å². The average molecular weight is 558 g/mol. The Morgan fingerprint density at radius 1 is 1.18 bits per heavy atom. The Kier molecular flexibility index (Phi) is 10.5. The summed E-state index contributed by atoms with van der Waals surface area (Å²) < 4.78 is 51.3. The molecule has 1 saturated heterocycles. The summed E-state index contributed by atoms with van der Waals surface area (Å²) in [5.74, 6) is 1.09. The van der Waals surface area contributed by atoms with E-state index >= 15 is 0 Å². The smallest absolute Gasteiger partial charge is 0.416 e. The van der Waals surface area contributed by atoms with Gasteiger partial charge in [0.2, 0.25) is 11.7 Å². The van der Waals surface area contributed by atoms with Crippen LogP contribution in [0.25, 0.3) is 22.8 Å². The van der Waals surface area contributed by atoms with Crippen molar-refractivity contribution in [2.75, 3.05) is 6.54 Å². The molecule has 0 N–H and O–H groups in total. The van der Waals surface area contributed by atoms with Gasteiger partial charge in [0.15, 0.2) is 0 Å². The lowest BCUT2D eigenvalue weighted by Gasteiger charge is -2.26. The van der Waals surface area contributed by atoms with Gasteiger partial charge in [-0.05, 0) is 37.5 Å². The molecule has 11 heteroatoms. The summed E-state index contributed by atoms with van der Waals surface area (Å²) in [6.45, 7) is 10.1. The van der Waals surface area contributed by atoms with E-state index in [-0.39, 0.29) is 24.2 Å². The molecule has 0 saturated carbocycles. The predicted molar refractivity (Wildman–Crippen MR) is 145 cm³/mol. The van der Waals surface area contributed by atoms with Crippen molar-refractivity contribution in [1.82, 2.24) is 24.8 Å². The van der Waals surface area contributed by atoms with Crippen molar-refractivity contribution in [1.29, 1.82) is 0 Å². The van der Waals surface area contributed by atoms with Crippen LogP contribution in [0.4, 0.5) is 13.2 Å². The molecule has 1 fully saturated rings. The fourth-order valence-electron chi connectivity index (χ4n) is 3.99. The van der Waals surface area contributed by atoms with Gasteiger partial charge in [-0.25, -0.2) is 0 Å². The van der Waals surface area contributed by atoms with Crippen LogP contribution in [0.3, 0.4) is 0 Å². The number of piperidine rings is 1. The number of allylic oxidation sites excluding steroid dienone is 5. The van der Waals surface area contributed by atoms with Crippen molar-refractivity contribution in [2.45, 2.75) is 59.4 Å². The summed E-state index contributed by atoms with van der Waals surface area (Å²) in [6, 6.07) is 7.64. The van der Waals surface area contributed by atoms with Crippen LogP contribution in [0, 0.1) is 0 Å². The van der Waals surface area contributed by atoms with E-state index in [1.54, 1.807) is 24.9 Å². The zero-order valence-electron chi connectivity index (χ0n) is 23.2. The van der Waals surface area contributed by atoms with E-state index in [0.29, 0.717) is 30.0 Å². The van der Waals surface area contributed by atoms with Gasteiger partial charge in [-0.15, -0.1) is 0 Å². The van der Waals surface area contributed by atoms with Crippen LogP contribution in [0.2, 0.25) is 0 Å². The van der Waals surface area contributed by atoms with Crippen molar-refractivity contribution in [3.63, 3.8) is 0 Å². The van der Waals surface area contributed by atoms with Crippen molar-refractivity contribution < 1.29 is 27.2 Å². The number of nitrogens with zero attached hydrogens (tertiary/aromatic N) is 5. The number of hydrogen-bond acceptors (Lipinski definition) is 6. The lowest BCUT2D eigenvalue weighted by Crippen LogP contribution is -2.34. The molecule has 214 valence electrons. The van der Waals surface area contributed by atoms with E-state index < -0.39 is 11.7 Å². The van der Waals surface area contributed by atoms with Crippen molar-refractivity contribution >= 4 is 5.91 Å². The third kappa shape index (κ3) is 7.71. The topological polar surface area (TPSA) is 86.3 Å². The molecule has 0 unspecified atom stereocenters. The lowest BCUT2D eigenvalue weighted by molar-refractivity contribution is -0.133. The van der Waals surface area contributed by atoms with Gasteiger partial charge in [0.1, 0.15) is 6.61 Å². The molecule has 3 heterocycles. The molecule has 0 atom stereocenters. The zero-order valence-corrected chi connectivity index (χ0v) is 23.2. The maximum absolute atomic E-state index is 12.9. The maximum Gasteiger partial charge on any atom is 0.416 e. The Morgan fingerprint density at radius 2 is 1.90 bits per heavy atom. The number of rotatable bonds is 9. The van der Waals surface area contributed by atoms with E-state index in [4.69, 9.17) is 9.26 Å². The molecule has 1 aliphatic heterocycles. The molecule has 1 aliphatic rings. The maximum atomic E-state index is 12.9. The first-order valence-corrected chi connectivity index (χ1v) is 13.1. The highest BCUT2D eigenvalue weighted by atomic mass is 19.4. The zero-order chi connectivity index (χ0) is 29.3. The highest BCUT2D eigenvalue weighted by molar-refractivity contribution is 5.76. The first-order chi connectivity index (χ1) is 19.2. The minimum atomic E-state index is -4.49. The van der Waals surface area contributed by atoms with Gasteiger partial charge < -0.3 is 14.2 Å². The number of halogens is 3. The largest absolute Gasteiger partial charge is 0.492 e. The third-order valence-electron chi connectivity index (χ3n) is 6.21. The number of carbonyl (C=O) groups excluding carboxylic acids is 1. The molecule has 0 spiro atoms. The first-order valence-electron chi connectivity index (χ1n) is 13.1. The Hall–Kier alpha value is -4.15. The minimum Gasteiger partial charge on any atom is -0.492 e. The van der Waals surface area contributed by atoms with Gasteiger partial charge >= 0.3 is 6.18 Å². The van der Waals surface area contributed by atoms with Crippen molar-refractivity contribution in [3.05, 3.63) is 77.9 Å². The van der Waals surface area contributed by atoms with E-state index in [1.165, 1.54) is 6.08 Å². The second kappa shape index (κ2) is 13.8. The molecule has 0 bridgehead atoms. The quantitative estimate of drug-likeness (QED) is 0.213. The Balaban J connectivity index is 0.00000216. The molecule has 40 heavy (non-hydrogen) atoms. The summed E-state index contributed by atoms with van der Waals surface area (Å²) in [5, 5.41) is 8.31. The summed E-state index contributed by atoms with van der Waals surface area (Å²) in [5.41, 5.74) is 2.07. The molecule has 2 aromatic heterocycles. The number of likely N-dealkylation sites (tertiary alicyclic amines) is 1. The molecule has 8 nitrogen and oxygen atoms in total. The number of hydrogen-bond donors (Lipinski definition) is 0. The predicted octanol–water partition coefficient (Wildman–Crippen LogP) is 6.77. The lowest BCUT2D eigenvalue weighted by atomic mass is 10.1. The van der Waals surface area contributed by atoms with Gasteiger partial charge in [0, 0.05) is 32.1 Å². The molecule has 4 rings (SSSR count). The van der Waals surface area contributed by atoms with E-state index in [0.717, 1.165) is 42.7 Å². The first kappa shape index (κ1) is 30.4. The molecule has 3 aromatic rings. The molecular formula is C29H34F3N5O3. The summed E-state index contributed by atoms with van der Waals surface area (Å²) in [6.07, 6.45) is 2.54. The third-order valence-corrected chi connectivity index (χ3v) is 6.21. The normalized spacial score (nSPS) is 14.6. The van der Waals surface area contributed by atoms with Crippen LogP contribution in [-0.2, 0) is 29.7 Å². The summed E-state index contributed by atoms with van der Waals surface area (Å²) in [4.78, 5) is 18.4. The number of amides is 1. The van der Waals surface area contributed by atoms with E-state index in [1.807, 2.05) is 43.0 Å². The van der Waals surface area contributed by atoms with Gasteiger partial charge in [0.25, 0.3) is 5.89 Å². The van der Waals surface area contributed by atoms with Crippen molar-refractivity contribution in [3.8, 4) is 22.8 Å². The van der Waals surface area contributed by atoms with Crippen LogP contribution >= 0.6 is 0 Å². The number of benzene rings is 1. The molecule has 1 amide bonds. The molecule has 0 aliphatic carbocycles. The van der Waals surface area contributed by atoms with Crippen molar-refractivity contribution in [2.24, 2.45) is 7.05 Å². The minimum absolute atomic E-state index is 0.0269. The highest BCUT2D eigenvalue weighted by Gasteiger charge is 2.30. The van der Waals surface area contributed by atoms with Crippen LogP contribution in [-0.4, -0.2) is 43.4 Å². The highest BCUT2D eigenvalue weighted by Crippen LogP contribution is 2.28. The van der Waals surface area contributed by atoms with Gasteiger partial charge in [0.05, 0.1) is 28.8 Å². The van der Waals surface area contributed by atoms with Crippen LogP contribution in [0.1, 0.15) is 51.3 Å². The average Bonchev–Trinajstić information content (AvgIpc) is 3.56. The Bertz CT molecular complexity index is 1350. The van der Waals surface area contributed by atoms with Gasteiger partial charge in [-0.1, -0.05) is 55.9 Å². The van der Waals surface area contributed by atoms with E-state index in [2.05, 4.69) is 21.8 Å². The molecule has 0 radical (unpaired) electrons. The number of alkyl halides is 3. The van der Waals surface area contributed by atoms with Crippen LogP contribution in [0.15, 0.2) is 71.1 Å². The van der Waals surface area contributed by atoms with E-state index in [9.17, 15) is 18.0 Å². The SMILES string of the molecule is C=C/C(=C\C=C(/C)OCc1c(-c2nc(-c3ccc(CN4CCCCC4=O)cc3)no2)cnn1C)C(F)(F)F.CC. The number of aryl methyl sites for hydroxylation is 1.